The van der Waals surface area contributed by atoms with Crippen LogP contribution < -0.4 is 5.32 Å². The Balaban J connectivity index is 1.78. The van der Waals surface area contributed by atoms with Crippen LogP contribution in [0, 0.1) is 11.3 Å². The van der Waals surface area contributed by atoms with E-state index in [2.05, 4.69) is 26.5 Å². The highest BCUT2D eigenvalue weighted by Gasteiger charge is 2.39. The first-order chi connectivity index (χ1) is 11.3. The average molecular weight is 309 g/mol. The third kappa shape index (κ3) is 2.02. The molecule has 0 bridgehead atoms. The molecular weight excluding hydrogens is 294 g/mol. The number of hydrogen-bond donors (Lipinski definition) is 2. The summed E-state index contributed by atoms with van der Waals surface area (Å²) in [4.78, 5) is 8.59. The van der Waals surface area contributed by atoms with Gasteiger partial charge in [-0.25, -0.2) is 9.97 Å². The van der Waals surface area contributed by atoms with E-state index in [1.807, 2.05) is 16.9 Å². The molecule has 116 valence electrons. The molecule has 8 nitrogen and oxygen atoms in total. The molecule has 1 fully saturated rings. The molecule has 3 aromatic heterocycles. The minimum absolute atomic E-state index is 0.129. The van der Waals surface area contributed by atoms with E-state index in [1.165, 1.54) is 6.33 Å². The van der Waals surface area contributed by atoms with E-state index >= 15 is 0 Å². The number of nitrogens with zero attached hydrogens (tertiary/aromatic N) is 6. The zero-order valence-corrected chi connectivity index (χ0v) is 12.3. The van der Waals surface area contributed by atoms with Crippen molar-refractivity contribution in [2.45, 2.75) is 18.7 Å². The number of fused-ring (bicyclic) bond motifs is 1. The molecule has 0 aromatic carbocycles. The number of aliphatic hydroxyl groups is 1. The first-order valence-corrected chi connectivity index (χ1v) is 7.31. The Bertz CT molecular complexity index is 900. The minimum atomic E-state index is -0.268. The van der Waals surface area contributed by atoms with Crippen molar-refractivity contribution in [1.82, 2.24) is 29.6 Å². The topological polar surface area (TPSA) is 105 Å². The van der Waals surface area contributed by atoms with Crippen LogP contribution in [0.3, 0.4) is 0 Å². The summed E-state index contributed by atoms with van der Waals surface area (Å²) >= 11 is 0. The van der Waals surface area contributed by atoms with Gasteiger partial charge in [-0.1, -0.05) is 0 Å². The summed E-state index contributed by atoms with van der Waals surface area (Å²) in [6.07, 6.45) is 7.37. The molecule has 1 saturated heterocycles. The Morgan fingerprint density at radius 3 is 2.96 bits per heavy atom. The Hall–Kier alpha value is -2.76. The Morgan fingerprint density at radius 1 is 1.39 bits per heavy atom. The fourth-order valence-electron chi connectivity index (χ4n) is 2.98. The zero-order chi connectivity index (χ0) is 15.9. The summed E-state index contributed by atoms with van der Waals surface area (Å²) in [7, 11) is 0. The van der Waals surface area contributed by atoms with Crippen molar-refractivity contribution in [3.05, 3.63) is 31.0 Å². The van der Waals surface area contributed by atoms with E-state index < -0.39 is 0 Å². The summed E-state index contributed by atoms with van der Waals surface area (Å²) in [5.74, 6) is 0. The Kier molecular flexibility index (Phi) is 3.11. The monoisotopic (exact) mass is 309 g/mol. The number of rotatable bonds is 4. The molecule has 4 rings (SSSR count). The molecule has 0 atom stereocenters. The highest BCUT2D eigenvalue weighted by molar-refractivity contribution is 5.90. The van der Waals surface area contributed by atoms with Crippen LogP contribution >= 0.6 is 0 Å². The van der Waals surface area contributed by atoms with Crippen LogP contribution in [0.2, 0.25) is 0 Å². The molecule has 1 aliphatic heterocycles. The average Bonchev–Trinajstić information content (AvgIpc) is 3.17. The Morgan fingerprint density at radius 2 is 2.26 bits per heavy atom. The molecule has 4 heterocycles. The summed E-state index contributed by atoms with van der Waals surface area (Å²) in [6, 6.07) is 4.12. The molecule has 0 spiro atoms. The number of aliphatic hydroxyl groups excluding tert-OH is 1. The normalized spacial score (nSPS) is 16.2. The van der Waals surface area contributed by atoms with E-state index in [0.717, 1.165) is 29.7 Å². The second-order valence-electron chi connectivity index (χ2n) is 5.72. The Labute approximate surface area is 132 Å². The summed E-state index contributed by atoms with van der Waals surface area (Å²) in [5, 5.41) is 26.9. The van der Waals surface area contributed by atoms with E-state index in [0.29, 0.717) is 12.1 Å². The summed E-state index contributed by atoms with van der Waals surface area (Å²) < 4.78 is 3.51. The van der Waals surface area contributed by atoms with Crippen molar-refractivity contribution in [2.24, 2.45) is 0 Å². The van der Waals surface area contributed by atoms with E-state index in [1.54, 1.807) is 17.0 Å². The van der Waals surface area contributed by atoms with Crippen LogP contribution in [0.15, 0.2) is 31.0 Å². The first kappa shape index (κ1) is 13.9. The van der Waals surface area contributed by atoms with Crippen molar-refractivity contribution >= 4 is 11.0 Å². The van der Waals surface area contributed by atoms with Gasteiger partial charge in [0.05, 0.1) is 24.4 Å². The second-order valence-corrected chi connectivity index (χ2v) is 5.72. The molecule has 0 amide bonds. The van der Waals surface area contributed by atoms with Crippen molar-refractivity contribution in [1.29, 1.82) is 5.26 Å². The van der Waals surface area contributed by atoms with E-state index in [-0.39, 0.29) is 12.3 Å². The van der Waals surface area contributed by atoms with Crippen LogP contribution in [0.25, 0.3) is 22.3 Å². The van der Waals surface area contributed by atoms with Gasteiger partial charge in [0.1, 0.15) is 24.2 Å². The van der Waals surface area contributed by atoms with Crippen molar-refractivity contribution < 1.29 is 5.11 Å². The lowest BCUT2D eigenvalue weighted by molar-refractivity contribution is 0.160. The second kappa shape index (κ2) is 5.15. The largest absolute Gasteiger partial charge is 0.376 e. The molecule has 23 heavy (non-hydrogen) atoms. The predicted molar refractivity (Wildman–Crippen MR) is 82.0 cm³/mol. The molecule has 0 aliphatic carbocycles. The SMILES string of the molecule is N#CCC1(n2cc(-c3ncnc4c3ccn4CO)cn2)CNC1. The maximum atomic E-state index is 9.34. The number of nitriles is 1. The summed E-state index contributed by atoms with van der Waals surface area (Å²) in [6.45, 7) is 1.35. The molecule has 0 radical (unpaired) electrons. The molecular formula is C15H15N7O. The van der Waals surface area contributed by atoms with Crippen LogP contribution in [0.5, 0.6) is 0 Å². The lowest BCUT2D eigenvalue weighted by Crippen LogP contribution is -2.60. The first-order valence-electron chi connectivity index (χ1n) is 7.31. The number of nitrogens with one attached hydrogen (secondary N) is 1. The van der Waals surface area contributed by atoms with Gasteiger partial charge < -0.3 is 15.0 Å². The third-order valence-corrected chi connectivity index (χ3v) is 4.37. The molecule has 0 unspecified atom stereocenters. The predicted octanol–water partition coefficient (Wildman–Crippen LogP) is 0.457. The lowest BCUT2D eigenvalue weighted by atomic mass is 9.89. The van der Waals surface area contributed by atoms with Crippen molar-refractivity contribution in [2.75, 3.05) is 13.1 Å². The van der Waals surface area contributed by atoms with Gasteiger partial charge in [0, 0.05) is 36.4 Å². The van der Waals surface area contributed by atoms with Crippen molar-refractivity contribution in [3.8, 4) is 17.3 Å². The lowest BCUT2D eigenvalue weighted by Gasteiger charge is -2.41. The van der Waals surface area contributed by atoms with Gasteiger partial charge in [0.25, 0.3) is 0 Å². The van der Waals surface area contributed by atoms with Gasteiger partial charge >= 0.3 is 0 Å². The standard InChI is InChI=1S/C15H15N7O/c16-3-2-15(7-17-8-15)22-6-11(5-20-22)13-12-1-4-21(10-23)14(12)19-9-18-13/h1,4-6,9,17,23H,2,7-8,10H2. The fraction of sp³-hybridized carbons (Fsp3) is 0.333. The summed E-state index contributed by atoms with van der Waals surface area (Å²) in [5.41, 5.74) is 2.06. The van der Waals surface area contributed by atoms with Gasteiger partial charge in [-0.15, -0.1) is 0 Å². The molecule has 2 N–H and O–H groups in total. The molecule has 8 heteroatoms. The van der Waals surface area contributed by atoms with Gasteiger partial charge in [0.15, 0.2) is 0 Å². The van der Waals surface area contributed by atoms with Crippen molar-refractivity contribution in [3.63, 3.8) is 0 Å². The highest BCUT2D eigenvalue weighted by Crippen LogP contribution is 2.30. The van der Waals surface area contributed by atoms with Gasteiger partial charge in [-0.2, -0.15) is 10.4 Å². The highest BCUT2D eigenvalue weighted by atomic mass is 16.3. The van der Waals surface area contributed by atoms with Gasteiger partial charge in [-0.05, 0) is 6.07 Å². The quantitative estimate of drug-likeness (QED) is 0.725. The van der Waals surface area contributed by atoms with Crippen LogP contribution in [0.4, 0.5) is 0 Å². The van der Waals surface area contributed by atoms with E-state index in [9.17, 15) is 5.11 Å². The minimum Gasteiger partial charge on any atom is -0.376 e. The maximum absolute atomic E-state index is 9.34. The van der Waals surface area contributed by atoms with E-state index in [4.69, 9.17) is 5.26 Å². The maximum Gasteiger partial charge on any atom is 0.145 e. The molecule has 3 aromatic rings. The molecule has 0 saturated carbocycles. The third-order valence-electron chi connectivity index (χ3n) is 4.37. The molecule has 1 aliphatic rings. The zero-order valence-electron chi connectivity index (χ0n) is 12.3. The fourth-order valence-corrected chi connectivity index (χ4v) is 2.98. The number of aromatic nitrogens is 5. The van der Waals surface area contributed by atoms with Crippen LogP contribution in [-0.2, 0) is 12.3 Å². The smallest absolute Gasteiger partial charge is 0.145 e. The number of hydrogen-bond acceptors (Lipinski definition) is 6. The van der Waals surface area contributed by atoms with Gasteiger partial charge in [0.2, 0.25) is 0 Å². The van der Waals surface area contributed by atoms with Gasteiger partial charge in [-0.3, -0.25) is 4.68 Å². The van der Waals surface area contributed by atoms with Crippen LogP contribution in [-0.4, -0.2) is 42.5 Å². The van der Waals surface area contributed by atoms with Crippen LogP contribution in [0.1, 0.15) is 6.42 Å².